The number of ether oxygens (including phenoxy) is 1. The van der Waals surface area contributed by atoms with Crippen molar-refractivity contribution in [1.29, 1.82) is 0 Å². The Kier molecular flexibility index (Phi) is 7.53. The van der Waals surface area contributed by atoms with Gasteiger partial charge in [0.25, 0.3) is 5.91 Å². The van der Waals surface area contributed by atoms with Crippen molar-refractivity contribution in [2.45, 2.75) is 52.8 Å². The molecular formula is C30H35N5O3. The van der Waals surface area contributed by atoms with Gasteiger partial charge in [-0.1, -0.05) is 30.3 Å². The molecule has 0 aliphatic carbocycles. The molecule has 0 radical (unpaired) electrons. The van der Waals surface area contributed by atoms with Crippen molar-refractivity contribution in [3.63, 3.8) is 0 Å². The number of amides is 2. The van der Waals surface area contributed by atoms with Crippen LogP contribution in [0.2, 0.25) is 0 Å². The molecule has 0 aliphatic heterocycles. The molecule has 0 bridgehead atoms. The molecule has 38 heavy (non-hydrogen) atoms. The van der Waals surface area contributed by atoms with Gasteiger partial charge in [-0.3, -0.25) is 9.48 Å². The Morgan fingerprint density at radius 1 is 1.13 bits per heavy atom. The average molecular weight is 514 g/mol. The third kappa shape index (κ3) is 6.19. The minimum absolute atomic E-state index is 0.161. The summed E-state index contributed by atoms with van der Waals surface area (Å²) in [5, 5.41) is 8.43. The van der Waals surface area contributed by atoms with Gasteiger partial charge in [0, 0.05) is 43.4 Å². The number of pyridine rings is 1. The molecule has 2 heterocycles. The molecular weight excluding hydrogens is 478 g/mol. The molecule has 0 saturated carbocycles. The summed E-state index contributed by atoms with van der Waals surface area (Å²) in [5.74, 6) is -0.161. The Labute approximate surface area is 223 Å². The molecule has 0 saturated heterocycles. The van der Waals surface area contributed by atoms with E-state index in [1.807, 2.05) is 90.3 Å². The molecule has 1 atom stereocenters. The predicted octanol–water partition coefficient (Wildman–Crippen LogP) is 5.80. The summed E-state index contributed by atoms with van der Waals surface area (Å²) < 4.78 is 7.18. The van der Waals surface area contributed by atoms with Crippen molar-refractivity contribution in [3.05, 3.63) is 83.2 Å². The van der Waals surface area contributed by atoms with Crippen LogP contribution in [0.3, 0.4) is 0 Å². The van der Waals surface area contributed by atoms with Crippen LogP contribution in [-0.4, -0.2) is 44.3 Å². The first-order valence-electron chi connectivity index (χ1n) is 12.6. The van der Waals surface area contributed by atoms with E-state index in [0.717, 1.165) is 38.9 Å². The van der Waals surface area contributed by atoms with Crippen molar-refractivity contribution < 1.29 is 14.3 Å². The molecule has 4 aromatic rings. The number of hydrogen-bond acceptors (Lipinski definition) is 5. The molecule has 0 fully saturated rings. The van der Waals surface area contributed by atoms with Gasteiger partial charge in [0.05, 0.1) is 23.4 Å². The van der Waals surface area contributed by atoms with Crippen molar-refractivity contribution >= 4 is 22.9 Å². The highest BCUT2D eigenvalue weighted by atomic mass is 16.6. The molecule has 8 nitrogen and oxygen atoms in total. The molecule has 8 heteroatoms. The van der Waals surface area contributed by atoms with Gasteiger partial charge in [0.15, 0.2) is 0 Å². The second-order valence-corrected chi connectivity index (χ2v) is 10.7. The van der Waals surface area contributed by atoms with Crippen molar-refractivity contribution in [2.75, 3.05) is 7.05 Å². The zero-order valence-electron chi connectivity index (χ0n) is 23.1. The van der Waals surface area contributed by atoms with Crippen LogP contribution in [0, 0.1) is 6.92 Å². The molecule has 0 unspecified atom stereocenters. The summed E-state index contributed by atoms with van der Waals surface area (Å²) in [5.41, 5.74) is 5.35. The third-order valence-corrected chi connectivity index (χ3v) is 6.22. The first kappa shape index (κ1) is 26.9. The molecule has 2 aromatic carbocycles. The van der Waals surface area contributed by atoms with Crippen LogP contribution in [0.1, 0.15) is 60.8 Å². The molecule has 2 amide bonds. The van der Waals surface area contributed by atoms with Crippen molar-refractivity contribution in [3.8, 4) is 11.3 Å². The minimum Gasteiger partial charge on any atom is -0.444 e. The highest BCUT2D eigenvalue weighted by Crippen LogP contribution is 2.29. The second kappa shape index (κ2) is 10.7. The number of fused-ring (bicyclic) bond motifs is 1. The predicted molar refractivity (Wildman–Crippen MR) is 149 cm³/mol. The quantitative estimate of drug-likeness (QED) is 0.352. The number of aromatic nitrogens is 3. The summed E-state index contributed by atoms with van der Waals surface area (Å²) >= 11 is 0. The summed E-state index contributed by atoms with van der Waals surface area (Å²) in [6, 6.07) is 15.3. The fraction of sp³-hybridized carbons (Fsp3) is 0.333. The van der Waals surface area contributed by atoms with E-state index in [1.165, 1.54) is 4.90 Å². The van der Waals surface area contributed by atoms with Crippen LogP contribution >= 0.6 is 0 Å². The Morgan fingerprint density at radius 2 is 1.87 bits per heavy atom. The smallest absolute Gasteiger partial charge is 0.410 e. The lowest BCUT2D eigenvalue weighted by Gasteiger charge is -2.25. The number of nitrogens with zero attached hydrogens (tertiary/aromatic N) is 4. The molecule has 0 aliphatic rings. The third-order valence-electron chi connectivity index (χ3n) is 6.22. The highest BCUT2D eigenvalue weighted by molar-refractivity contribution is 5.96. The fourth-order valence-electron chi connectivity index (χ4n) is 4.37. The van der Waals surface area contributed by atoms with E-state index in [0.29, 0.717) is 12.1 Å². The number of nitrogens with one attached hydrogen (secondary N) is 1. The number of aryl methyl sites for hydroxylation is 2. The van der Waals surface area contributed by atoms with Gasteiger partial charge in [0.2, 0.25) is 0 Å². The highest BCUT2D eigenvalue weighted by Gasteiger charge is 2.21. The van der Waals surface area contributed by atoms with E-state index in [1.54, 1.807) is 24.0 Å². The molecule has 2 aromatic heterocycles. The van der Waals surface area contributed by atoms with Gasteiger partial charge in [0.1, 0.15) is 5.60 Å². The van der Waals surface area contributed by atoms with Gasteiger partial charge in [-0.2, -0.15) is 5.10 Å². The first-order valence-corrected chi connectivity index (χ1v) is 12.6. The largest absolute Gasteiger partial charge is 0.444 e. The maximum atomic E-state index is 13.3. The number of carbonyl (C=O) groups is 2. The lowest BCUT2D eigenvalue weighted by Crippen LogP contribution is -2.33. The zero-order chi connectivity index (χ0) is 27.6. The molecule has 0 spiro atoms. The lowest BCUT2D eigenvalue weighted by atomic mass is 9.99. The van der Waals surface area contributed by atoms with Crippen LogP contribution < -0.4 is 5.32 Å². The lowest BCUT2D eigenvalue weighted by molar-refractivity contribution is 0.0285. The van der Waals surface area contributed by atoms with Crippen LogP contribution in [0.4, 0.5) is 4.79 Å². The Morgan fingerprint density at radius 3 is 2.53 bits per heavy atom. The fourth-order valence-corrected chi connectivity index (χ4v) is 4.37. The summed E-state index contributed by atoms with van der Waals surface area (Å²) in [7, 11) is 3.57. The summed E-state index contributed by atoms with van der Waals surface area (Å²) in [4.78, 5) is 32.0. The van der Waals surface area contributed by atoms with E-state index >= 15 is 0 Å². The van der Waals surface area contributed by atoms with Crippen LogP contribution in [0.5, 0.6) is 0 Å². The minimum atomic E-state index is -0.557. The van der Waals surface area contributed by atoms with Crippen LogP contribution in [0.25, 0.3) is 22.2 Å². The van der Waals surface area contributed by atoms with Crippen molar-refractivity contribution in [1.82, 2.24) is 25.0 Å². The van der Waals surface area contributed by atoms with E-state index in [2.05, 4.69) is 10.4 Å². The maximum Gasteiger partial charge on any atom is 0.410 e. The van der Waals surface area contributed by atoms with Gasteiger partial charge >= 0.3 is 6.09 Å². The van der Waals surface area contributed by atoms with Gasteiger partial charge in [-0.25, -0.2) is 9.78 Å². The topological polar surface area (TPSA) is 89.4 Å². The van der Waals surface area contributed by atoms with Crippen LogP contribution in [-0.2, 0) is 18.3 Å². The monoisotopic (exact) mass is 513 g/mol. The number of hydrogen-bond donors (Lipinski definition) is 1. The van der Waals surface area contributed by atoms with Gasteiger partial charge < -0.3 is 15.0 Å². The average Bonchev–Trinajstić information content (AvgIpc) is 3.28. The number of benzene rings is 2. The number of rotatable bonds is 6. The standard InChI is InChI=1S/C30H35N5O3/c1-19-14-21(17-34(6)29(37)38-30(3,4)5)12-13-23(19)28(36)32-20(2)25-15-27(22-16-31-35(7)18-22)33-26-11-9-8-10-24(25)26/h8-16,18,20H,17H2,1-7H3,(H,32,36)/t20-/m1/s1. The molecule has 198 valence electrons. The maximum absolute atomic E-state index is 13.3. The van der Waals surface area contributed by atoms with E-state index in [4.69, 9.17) is 9.72 Å². The molecule has 4 rings (SSSR count). The summed E-state index contributed by atoms with van der Waals surface area (Å²) in [6.07, 6.45) is 3.32. The van der Waals surface area contributed by atoms with E-state index in [9.17, 15) is 9.59 Å². The number of para-hydroxylation sites is 1. The van der Waals surface area contributed by atoms with E-state index < -0.39 is 5.60 Å². The number of carbonyl (C=O) groups excluding carboxylic acids is 2. The normalized spacial score (nSPS) is 12.3. The summed E-state index contributed by atoms with van der Waals surface area (Å²) in [6.45, 7) is 9.78. The second-order valence-electron chi connectivity index (χ2n) is 10.7. The van der Waals surface area contributed by atoms with Crippen LogP contribution in [0.15, 0.2) is 60.9 Å². The zero-order valence-corrected chi connectivity index (χ0v) is 23.1. The molecule has 1 N–H and O–H groups in total. The Hall–Kier alpha value is -4.20. The Bertz CT molecular complexity index is 1490. The SMILES string of the molecule is Cc1cc(CN(C)C(=O)OC(C)(C)C)ccc1C(=O)N[C@H](C)c1cc(-c2cnn(C)c2)nc2ccccc12. The Balaban J connectivity index is 1.53. The van der Waals surface area contributed by atoms with Gasteiger partial charge in [-0.15, -0.1) is 0 Å². The van der Waals surface area contributed by atoms with Gasteiger partial charge in [-0.05, 0) is 69.5 Å². The first-order chi connectivity index (χ1) is 17.9. The van der Waals surface area contributed by atoms with E-state index in [-0.39, 0.29) is 18.0 Å². The van der Waals surface area contributed by atoms with Crippen molar-refractivity contribution in [2.24, 2.45) is 7.05 Å².